The summed E-state index contributed by atoms with van der Waals surface area (Å²) < 4.78 is 38.6. The molecule has 1 aromatic heterocycles. The van der Waals surface area contributed by atoms with Gasteiger partial charge in [-0.05, 0) is 30.1 Å². The van der Waals surface area contributed by atoms with Gasteiger partial charge in [-0.25, -0.2) is 0 Å². The minimum atomic E-state index is -4.32. The van der Waals surface area contributed by atoms with E-state index >= 15 is 0 Å². The van der Waals surface area contributed by atoms with Crippen molar-refractivity contribution >= 4 is 11.3 Å². The molecule has 0 aliphatic heterocycles. The highest BCUT2D eigenvalue weighted by Crippen LogP contribution is 2.39. The van der Waals surface area contributed by atoms with Gasteiger partial charge in [0.2, 0.25) is 0 Å². The van der Waals surface area contributed by atoms with Crippen molar-refractivity contribution in [2.75, 3.05) is 7.05 Å². The number of nitrogens with one attached hydrogen (secondary N) is 1. The van der Waals surface area contributed by atoms with E-state index in [0.717, 1.165) is 11.6 Å². The molecule has 0 aliphatic carbocycles. The molecule has 5 heteroatoms. The van der Waals surface area contributed by atoms with Crippen LogP contribution in [0.1, 0.15) is 11.1 Å². The Balaban J connectivity index is 2.43. The van der Waals surface area contributed by atoms with Crippen LogP contribution in [0.2, 0.25) is 0 Å². The first kappa shape index (κ1) is 13.1. The summed E-state index contributed by atoms with van der Waals surface area (Å²) in [6, 6.07) is 7.47. The zero-order valence-electron chi connectivity index (χ0n) is 9.71. The van der Waals surface area contributed by atoms with Gasteiger partial charge in [0.1, 0.15) is 0 Å². The van der Waals surface area contributed by atoms with Crippen molar-refractivity contribution in [2.24, 2.45) is 0 Å². The topological polar surface area (TPSA) is 12.0 Å². The molecule has 0 fully saturated rings. The lowest BCUT2D eigenvalue weighted by Gasteiger charge is -2.11. The van der Waals surface area contributed by atoms with Gasteiger partial charge in [0, 0.05) is 17.0 Å². The van der Waals surface area contributed by atoms with Gasteiger partial charge in [0.15, 0.2) is 0 Å². The number of rotatable bonds is 3. The Morgan fingerprint density at radius 3 is 2.61 bits per heavy atom. The average molecular weight is 271 g/mol. The number of halogens is 3. The lowest BCUT2D eigenvalue weighted by molar-refractivity contribution is -0.137. The molecular formula is C13H12F3NS. The highest BCUT2D eigenvalue weighted by Gasteiger charge is 2.33. The van der Waals surface area contributed by atoms with Crippen molar-refractivity contribution in [3.05, 3.63) is 46.8 Å². The Bertz CT molecular complexity index is 531. The first-order chi connectivity index (χ1) is 8.52. The van der Waals surface area contributed by atoms with Crippen LogP contribution in [0.4, 0.5) is 13.2 Å². The second kappa shape index (κ2) is 5.12. The van der Waals surface area contributed by atoms with Crippen molar-refractivity contribution in [1.82, 2.24) is 5.32 Å². The quantitative estimate of drug-likeness (QED) is 0.884. The second-order valence-electron chi connectivity index (χ2n) is 3.89. The van der Waals surface area contributed by atoms with E-state index in [1.807, 2.05) is 5.38 Å². The molecule has 2 rings (SSSR count). The van der Waals surface area contributed by atoms with Crippen LogP contribution in [-0.4, -0.2) is 7.05 Å². The van der Waals surface area contributed by atoms with E-state index in [0.29, 0.717) is 11.4 Å². The van der Waals surface area contributed by atoms with Crippen LogP contribution in [0.3, 0.4) is 0 Å². The summed E-state index contributed by atoms with van der Waals surface area (Å²) in [6.07, 6.45) is -4.32. The van der Waals surface area contributed by atoms with Gasteiger partial charge in [-0.1, -0.05) is 18.2 Å². The van der Waals surface area contributed by atoms with Crippen LogP contribution in [0.5, 0.6) is 0 Å². The van der Waals surface area contributed by atoms with E-state index in [-0.39, 0.29) is 5.56 Å². The van der Waals surface area contributed by atoms with Crippen LogP contribution in [0.25, 0.3) is 10.4 Å². The highest BCUT2D eigenvalue weighted by molar-refractivity contribution is 7.13. The van der Waals surface area contributed by atoms with Crippen LogP contribution < -0.4 is 5.32 Å². The van der Waals surface area contributed by atoms with Gasteiger partial charge >= 0.3 is 6.18 Å². The first-order valence-electron chi connectivity index (χ1n) is 5.41. The van der Waals surface area contributed by atoms with Crippen LogP contribution in [-0.2, 0) is 12.7 Å². The monoisotopic (exact) mass is 271 g/mol. The van der Waals surface area contributed by atoms with E-state index in [2.05, 4.69) is 5.32 Å². The third-order valence-corrected chi connectivity index (χ3v) is 3.54. The molecule has 0 spiro atoms. The fourth-order valence-electron chi connectivity index (χ4n) is 1.76. The van der Waals surface area contributed by atoms with E-state index < -0.39 is 11.7 Å². The largest absolute Gasteiger partial charge is 0.417 e. The SMILES string of the molecule is CNCc1csc(-c2ccccc2C(F)(F)F)c1. The van der Waals surface area contributed by atoms with Gasteiger partial charge in [0.05, 0.1) is 5.56 Å². The van der Waals surface area contributed by atoms with Crippen molar-refractivity contribution < 1.29 is 13.2 Å². The summed E-state index contributed by atoms with van der Waals surface area (Å²) in [5.41, 5.74) is 0.662. The number of alkyl halides is 3. The van der Waals surface area contributed by atoms with Gasteiger partial charge in [-0.2, -0.15) is 13.2 Å². The van der Waals surface area contributed by atoms with E-state index in [1.54, 1.807) is 19.2 Å². The Morgan fingerprint density at radius 2 is 1.94 bits per heavy atom. The predicted molar refractivity (Wildman–Crippen MR) is 67.5 cm³/mol. The highest BCUT2D eigenvalue weighted by atomic mass is 32.1. The molecule has 0 aliphatic rings. The first-order valence-corrected chi connectivity index (χ1v) is 6.29. The molecule has 18 heavy (non-hydrogen) atoms. The van der Waals surface area contributed by atoms with Crippen LogP contribution in [0.15, 0.2) is 35.7 Å². The molecule has 1 nitrogen and oxygen atoms in total. The molecule has 2 aromatic rings. The summed E-state index contributed by atoms with van der Waals surface area (Å²) in [7, 11) is 1.81. The lowest BCUT2D eigenvalue weighted by atomic mass is 10.1. The Kier molecular flexibility index (Phi) is 3.73. The van der Waals surface area contributed by atoms with Gasteiger partial charge in [-0.3, -0.25) is 0 Å². The predicted octanol–water partition coefficient (Wildman–Crippen LogP) is 4.15. The average Bonchev–Trinajstić information content (AvgIpc) is 2.77. The molecule has 0 saturated carbocycles. The van der Waals surface area contributed by atoms with Crippen LogP contribution in [0, 0.1) is 0 Å². The molecule has 0 bridgehead atoms. The van der Waals surface area contributed by atoms with Gasteiger partial charge < -0.3 is 5.32 Å². The van der Waals surface area contributed by atoms with Gasteiger partial charge in [0.25, 0.3) is 0 Å². The van der Waals surface area contributed by atoms with Crippen molar-refractivity contribution in [2.45, 2.75) is 12.7 Å². The molecule has 1 heterocycles. The maximum Gasteiger partial charge on any atom is 0.417 e. The van der Waals surface area contributed by atoms with Gasteiger partial charge in [-0.15, -0.1) is 11.3 Å². The standard InChI is InChI=1S/C13H12F3NS/c1-17-7-9-6-12(18-8-9)10-4-2-3-5-11(10)13(14,15)16/h2-6,8,17H,7H2,1H3. The third-order valence-electron chi connectivity index (χ3n) is 2.53. The second-order valence-corrected chi connectivity index (χ2v) is 4.80. The molecule has 0 radical (unpaired) electrons. The van der Waals surface area contributed by atoms with E-state index in [1.165, 1.54) is 23.5 Å². The Labute approximate surface area is 107 Å². The summed E-state index contributed by atoms with van der Waals surface area (Å²) in [5.74, 6) is 0. The maximum atomic E-state index is 12.9. The number of hydrogen-bond acceptors (Lipinski definition) is 2. The number of benzene rings is 1. The summed E-state index contributed by atoms with van der Waals surface area (Å²) in [5, 5.41) is 4.85. The molecule has 0 amide bonds. The minimum absolute atomic E-state index is 0.248. The molecular weight excluding hydrogens is 259 g/mol. The third kappa shape index (κ3) is 2.73. The van der Waals surface area contributed by atoms with Crippen LogP contribution >= 0.6 is 11.3 Å². The molecule has 0 unspecified atom stereocenters. The number of hydrogen-bond donors (Lipinski definition) is 1. The van der Waals surface area contributed by atoms with Crippen molar-refractivity contribution in [3.63, 3.8) is 0 Å². The zero-order valence-corrected chi connectivity index (χ0v) is 10.5. The molecule has 1 aromatic carbocycles. The maximum absolute atomic E-state index is 12.9. The van der Waals surface area contributed by atoms with E-state index in [4.69, 9.17) is 0 Å². The fourth-order valence-corrected chi connectivity index (χ4v) is 2.71. The zero-order chi connectivity index (χ0) is 13.2. The van der Waals surface area contributed by atoms with Crippen molar-refractivity contribution in [3.8, 4) is 10.4 Å². The summed E-state index contributed by atoms with van der Waals surface area (Å²) >= 11 is 1.33. The number of thiophene rings is 1. The fraction of sp³-hybridized carbons (Fsp3) is 0.231. The Hall–Kier alpha value is -1.33. The summed E-state index contributed by atoms with van der Waals surface area (Å²) in [6.45, 7) is 0.657. The van der Waals surface area contributed by atoms with Crippen molar-refractivity contribution in [1.29, 1.82) is 0 Å². The lowest BCUT2D eigenvalue weighted by Crippen LogP contribution is -2.06. The molecule has 0 saturated heterocycles. The summed E-state index contributed by atoms with van der Waals surface area (Å²) in [4.78, 5) is 0.646. The smallest absolute Gasteiger partial charge is 0.316 e. The molecule has 1 N–H and O–H groups in total. The van der Waals surface area contributed by atoms with E-state index in [9.17, 15) is 13.2 Å². The molecule has 0 atom stereocenters. The molecule has 96 valence electrons. The Morgan fingerprint density at radius 1 is 1.22 bits per heavy atom. The normalized spacial score (nSPS) is 11.8. The minimum Gasteiger partial charge on any atom is -0.316 e.